The van der Waals surface area contributed by atoms with E-state index in [-0.39, 0.29) is 0 Å². The lowest BCUT2D eigenvalue weighted by molar-refractivity contribution is 0.643. The Balaban J connectivity index is 2.74. The molecule has 0 amide bonds. The van der Waals surface area contributed by atoms with E-state index >= 15 is 0 Å². The van der Waals surface area contributed by atoms with Crippen LogP contribution in [0.1, 0.15) is 116 Å². The minimum Gasteiger partial charge on any atom is -0.345 e. The fourth-order valence-corrected chi connectivity index (χ4v) is 3.92. The van der Waals surface area contributed by atoms with E-state index in [1.54, 1.807) is 0 Å². The molecule has 158 valence electrons. The highest BCUT2D eigenvalue weighted by molar-refractivity contribution is 6.58. The molecule has 0 atom stereocenters. The molecule has 2 heteroatoms. The summed E-state index contributed by atoms with van der Waals surface area (Å²) in [4.78, 5) is 5.38. The molecule has 0 heterocycles. The van der Waals surface area contributed by atoms with Gasteiger partial charge in [0.15, 0.2) is 0 Å². The van der Waals surface area contributed by atoms with Crippen LogP contribution in [0.15, 0.2) is 35.2 Å². The molecule has 0 bridgehead atoms. The Morgan fingerprint density at radius 3 is 1.68 bits per heavy atom. The van der Waals surface area contributed by atoms with Gasteiger partial charge in [-0.25, -0.2) is 0 Å². The van der Waals surface area contributed by atoms with Crippen molar-refractivity contribution < 1.29 is 0 Å². The number of nitrogens with zero attached hydrogens (tertiary/aromatic N) is 1. The molecule has 1 nitrogen and oxygen atoms in total. The fourth-order valence-electron chi connectivity index (χ4n) is 3.92. The lowest BCUT2D eigenvalue weighted by atomic mass is 9.55. The lowest BCUT2D eigenvalue weighted by Crippen LogP contribution is -2.15. The zero-order chi connectivity index (χ0) is 20.3. The van der Waals surface area contributed by atoms with Gasteiger partial charge in [0.2, 0.25) is 0 Å². The summed E-state index contributed by atoms with van der Waals surface area (Å²) in [6.07, 6.45) is 21.2. The van der Waals surface area contributed by atoms with Crippen molar-refractivity contribution in [2.24, 2.45) is 4.90 Å². The summed E-state index contributed by atoms with van der Waals surface area (Å²) in [5, 5.41) is 0. The molecular weight excluding hydrogens is 337 g/mol. The smallest absolute Gasteiger partial charge is 0.279 e. The first-order valence-electron chi connectivity index (χ1n) is 12.4. The van der Waals surface area contributed by atoms with Gasteiger partial charge in [-0.15, -0.1) is 0 Å². The highest BCUT2D eigenvalue weighted by Crippen LogP contribution is 2.18. The molecule has 28 heavy (non-hydrogen) atoms. The minimum absolute atomic E-state index is 0.527. The summed E-state index contributed by atoms with van der Waals surface area (Å²) in [5.41, 5.74) is 2.72. The van der Waals surface area contributed by atoms with Crippen molar-refractivity contribution in [2.75, 3.05) is 0 Å². The van der Waals surface area contributed by atoms with Crippen molar-refractivity contribution in [1.29, 1.82) is 0 Å². The number of unbranched alkanes of at least 4 members (excludes halogenated alkanes) is 10. The van der Waals surface area contributed by atoms with Gasteiger partial charge in [-0.2, -0.15) is 0 Å². The van der Waals surface area contributed by atoms with Gasteiger partial charge in [-0.05, 0) is 18.4 Å². The maximum absolute atomic E-state index is 5.38. The summed E-state index contributed by atoms with van der Waals surface area (Å²) >= 11 is 0. The van der Waals surface area contributed by atoms with E-state index < -0.39 is 0 Å². The molecule has 0 unspecified atom stereocenters. The minimum atomic E-state index is 0.527. The van der Waals surface area contributed by atoms with Crippen LogP contribution in [-0.4, -0.2) is 12.6 Å². The average Bonchev–Trinajstić information content (AvgIpc) is 2.73. The van der Waals surface area contributed by atoms with Crippen LogP contribution in [0.3, 0.4) is 0 Å². The molecule has 1 rings (SSSR count). The van der Waals surface area contributed by atoms with Gasteiger partial charge in [-0.3, -0.25) is 0 Å². The van der Waals surface area contributed by atoms with Gasteiger partial charge >= 0.3 is 0 Å². The second-order valence-corrected chi connectivity index (χ2v) is 8.46. The van der Waals surface area contributed by atoms with E-state index in [0.717, 1.165) is 6.42 Å². The molecule has 0 saturated carbocycles. The van der Waals surface area contributed by atoms with Crippen molar-refractivity contribution in [3.8, 4) is 0 Å². The van der Waals surface area contributed by atoms with Crippen LogP contribution in [-0.2, 0) is 0 Å². The molecule has 0 aromatic heterocycles. The number of rotatable bonds is 18. The highest BCUT2D eigenvalue weighted by Gasteiger charge is 2.15. The zero-order valence-electron chi connectivity index (χ0n) is 19.2. The van der Waals surface area contributed by atoms with Crippen molar-refractivity contribution in [1.82, 2.24) is 0 Å². The number of benzene rings is 1. The Morgan fingerprint density at radius 2 is 1.14 bits per heavy atom. The number of hydrogen-bond acceptors (Lipinski definition) is 1. The average molecular weight is 383 g/mol. The standard InChI is InChI=1S/C26H46BN/c1-4-7-10-13-17-22-26(25-20-15-14-16-21-25)28-27(23-18-11-8-5-2)24-19-12-9-6-3/h14-16,20-21H,4-13,17-19,22-24H2,1-3H3/b28-26+. The number of hydrogen-bond donors (Lipinski definition) is 0. The monoisotopic (exact) mass is 383 g/mol. The fraction of sp³-hybridized carbons (Fsp3) is 0.731. The van der Waals surface area contributed by atoms with Gasteiger partial charge in [0.25, 0.3) is 6.85 Å². The molecule has 0 spiro atoms. The van der Waals surface area contributed by atoms with Gasteiger partial charge < -0.3 is 4.90 Å². The van der Waals surface area contributed by atoms with Gasteiger partial charge in [0.05, 0.1) is 0 Å². The lowest BCUT2D eigenvalue weighted by Gasteiger charge is -2.14. The van der Waals surface area contributed by atoms with Gasteiger partial charge in [-0.1, -0.05) is 141 Å². The normalized spacial score (nSPS) is 11.8. The quantitative estimate of drug-likeness (QED) is 0.136. The van der Waals surface area contributed by atoms with Crippen LogP contribution >= 0.6 is 0 Å². The Hall–Kier alpha value is -1.05. The maximum atomic E-state index is 5.38. The van der Waals surface area contributed by atoms with Crippen LogP contribution < -0.4 is 0 Å². The first-order chi connectivity index (χ1) is 13.8. The Bertz CT molecular complexity index is 470. The molecule has 0 radical (unpaired) electrons. The Morgan fingerprint density at radius 1 is 0.643 bits per heavy atom. The SMILES string of the molecule is CCCCCCC/C(=N\B(CCCCCC)CCCCCC)c1ccccc1. The first-order valence-corrected chi connectivity index (χ1v) is 12.4. The van der Waals surface area contributed by atoms with E-state index in [4.69, 9.17) is 4.90 Å². The van der Waals surface area contributed by atoms with Crippen molar-refractivity contribution in [3.05, 3.63) is 35.9 Å². The maximum Gasteiger partial charge on any atom is 0.279 e. The van der Waals surface area contributed by atoms with E-state index in [9.17, 15) is 0 Å². The summed E-state index contributed by atoms with van der Waals surface area (Å²) < 4.78 is 0. The third-order valence-corrected chi connectivity index (χ3v) is 5.74. The zero-order valence-corrected chi connectivity index (χ0v) is 19.2. The van der Waals surface area contributed by atoms with Crippen molar-refractivity contribution in [2.45, 2.75) is 123 Å². The highest BCUT2D eigenvalue weighted by atomic mass is 14.7. The molecule has 0 aliphatic rings. The van der Waals surface area contributed by atoms with Crippen LogP contribution in [0.4, 0.5) is 0 Å². The summed E-state index contributed by atoms with van der Waals surface area (Å²) in [6.45, 7) is 7.41. The third kappa shape index (κ3) is 12.4. The first kappa shape index (κ1) is 25.0. The van der Waals surface area contributed by atoms with Crippen LogP contribution in [0.2, 0.25) is 12.6 Å². The molecule has 0 aliphatic heterocycles. The second-order valence-electron chi connectivity index (χ2n) is 8.46. The van der Waals surface area contributed by atoms with E-state index in [1.165, 1.54) is 107 Å². The van der Waals surface area contributed by atoms with Crippen molar-refractivity contribution in [3.63, 3.8) is 0 Å². The van der Waals surface area contributed by atoms with E-state index in [1.807, 2.05) is 0 Å². The predicted molar refractivity (Wildman–Crippen MR) is 130 cm³/mol. The molecule has 0 fully saturated rings. The molecule has 0 aliphatic carbocycles. The topological polar surface area (TPSA) is 12.4 Å². The summed E-state index contributed by atoms with van der Waals surface area (Å²) in [7, 11) is 0. The Kier molecular flexibility index (Phi) is 16.1. The second kappa shape index (κ2) is 18.0. The Labute approximate surface area is 176 Å². The van der Waals surface area contributed by atoms with Crippen LogP contribution in [0, 0.1) is 0 Å². The van der Waals surface area contributed by atoms with Gasteiger partial charge in [0.1, 0.15) is 0 Å². The van der Waals surface area contributed by atoms with E-state index in [0.29, 0.717) is 6.85 Å². The molecule has 1 aromatic rings. The predicted octanol–water partition coefficient (Wildman–Crippen LogP) is 8.99. The molecule has 1 aromatic carbocycles. The molecule has 0 N–H and O–H groups in total. The molecular formula is C26H46BN. The summed E-state index contributed by atoms with van der Waals surface area (Å²) in [5.74, 6) is 0. The van der Waals surface area contributed by atoms with Crippen LogP contribution in [0.5, 0.6) is 0 Å². The summed E-state index contributed by atoms with van der Waals surface area (Å²) in [6, 6.07) is 11.0. The van der Waals surface area contributed by atoms with Crippen LogP contribution in [0.25, 0.3) is 0 Å². The third-order valence-electron chi connectivity index (χ3n) is 5.74. The van der Waals surface area contributed by atoms with Gasteiger partial charge in [0, 0.05) is 5.71 Å². The van der Waals surface area contributed by atoms with E-state index in [2.05, 4.69) is 51.1 Å². The van der Waals surface area contributed by atoms with Crippen molar-refractivity contribution >= 4 is 12.6 Å². The molecule has 0 saturated heterocycles. The largest absolute Gasteiger partial charge is 0.345 e.